The van der Waals surface area contributed by atoms with Gasteiger partial charge in [0, 0.05) is 12.1 Å². The summed E-state index contributed by atoms with van der Waals surface area (Å²) in [6, 6.07) is 8.39. The summed E-state index contributed by atoms with van der Waals surface area (Å²) < 4.78 is 1.40. The number of carbonyl (C=O) groups is 1. The topological polar surface area (TPSA) is 91.1 Å². The van der Waals surface area contributed by atoms with Crippen molar-refractivity contribution >= 4 is 16.8 Å². The quantitative estimate of drug-likeness (QED) is 0.825. The number of nitrogens with two attached hydrogens (primary N) is 2. The highest BCUT2D eigenvalue weighted by atomic mass is 16.2. The normalized spacial score (nSPS) is 12.6. The zero-order valence-corrected chi connectivity index (χ0v) is 10.1. The van der Waals surface area contributed by atoms with Crippen LogP contribution in [0.2, 0.25) is 0 Å². The Morgan fingerprint density at radius 2 is 2.06 bits per heavy atom. The SMILES string of the molecule is CC(C(N)=O)n1c(=O)c(CN)cc2ccccc21. The van der Waals surface area contributed by atoms with Crippen LogP contribution in [0, 0.1) is 0 Å². The fourth-order valence-electron chi connectivity index (χ4n) is 2.00. The monoisotopic (exact) mass is 245 g/mol. The van der Waals surface area contributed by atoms with Crippen LogP contribution in [-0.4, -0.2) is 10.5 Å². The smallest absolute Gasteiger partial charge is 0.256 e. The van der Waals surface area contributed by atoms with Gasteiger partial charge in [0.05, 0.1) is 5.52 Å². The summed E-state index contributed by atoms with van der Waals surface area (Å²) in [4.78, 5) is 23.6. The Labute approximate surface area is 104 Å². The third-order valence-electron chi connectivity index (χ3n) is 3.04. The van der Waals surface area contributed by atoms with E-state index in [1.807, 2.05) is 18.2 Å². The second-order valence-electron chi connectivity index (χ2n) is 4.19. The van der Waals surface area contributed by atoms with Gasteiger partial charge in [-0.3, -0.25) is 14.2 Å². The highest BCUT2D eigenvalue weighted by Gasteiger charge is 2.17. The first kappa shape index (κ1) is 12.3. The summed E-state index contributed by atoms with van der Waals surface area (Å²) in [6.07, 6.45) is 0. The molecule has 1 heterocycles. The van der Waals surface area contributed by atoms with E-state index in [4.69, 9.17) is 11.5 Å². The van der Waals surface area contributed by atoms with E-state index in [0.717, 1.165) is 5.39 Å². The molecule has 0 saturated carbocycles. The molecular weight excluding hydrogens is 230 g/mol. The first-order chi connectivity index (χ1) is 8.56. The third-order valence-corrected chi connectivity index (χ3v) is 3.04. The number of aromatic nitrogens is 1. The number of hydrogen-bond acceptors (Lipinski definition) is 3. The fourth-order valence-corrected chi connectivity index (χ4v) is 2.00. The van der Waals surface area contributed by atoms with Gasteiger partial charge in [-0.25, -0.2) is 0 Å². The van der Waals surface area contributed by atoms with Gasteiger partial charge in [-0.1, -0.05) is 18.2 Å². The number of nitrogens with zero attached hydrogens (tertiary/aromatic N) is 1. The van der Waals surface area contributed by atoms with Crippen LogP contribution >= 0.6 is 0 Å². The molecule has 1 amide bonds. The van der Waals surface area contributed by atoms with E-state index in [-0.39, 0.29) is 12.1 Å². The van der Waals surface area contributed by atoms with Gasteiger partial charge < -0.3 is 11.5 Å². The van der Waals surface area contributed by atoms with Crippen molar-refractivity contribution in [3.8, 4) is 0 Å². The minimum Gasteiger partial charge on any atom is -0.368 e. The lowest BCUT2D eigenvalue weighted by atomic mass is 10.1. The summed E-state index contributed by atoms with van der Waals surface area (Å²) >= 11 is 0. The molecule has 18 heavy (non-hydrogen) atoms. The van der Waals surface area contributed by atoms with E-state index in [1.54, 1.807) is 19.1 Å². The molecule has 1 aromatic carbocycles. The molecule has 0 radical (unpaired) electrons. The number of carbonyl (C=O) groups excluding carboxylic acids is 1. The van der Waals surface area contributed by atoms with Gasteiger partial charge in [-0.05, 0) is 24.4 Å². The van der Waals surface area contributed by atoms with Crippen LogP contribution in [0.5, 0.6) is 0 Å². The van der Waals surface area contributed by atoms with Gasteiger partial charge >= 0.3 is 0 Å². The predicted molar refractivity (Wildman–Crippen MR) is 70.0 cm³/mol. The molecule has 0 aliphatic rings. The number of rotatable bonds is 3. The predicted octanol–water partition coefficient (Wildman–Crippen LogP) is 0.507. The minimum absolute atomic E-state index is 0.134. The van der Waals surface area contributed by atoms with Crippen LogP contribution in [-0.2, 0) is 11.3 Å². The molecule has 5 nitrogen and oxygen atoms in total. The van der Waals surface area contributed by atoms with Gasteiger partial charge in [-0.2, -0.15) is 0 Å². The highest BCUT2D eigenvalue weighted by Crippen LogP contribution is 2.17. The summed E-state index contributed by atoms with van der Waals surface area (Å²) in [5.74, 6) is -0.545. The van der Waals surface area contributed by atoms with Crippen molar-refractivity contribution in [1.82, 2.24) is 4.57 Å². The molecule has 2 rings (SSSR count). The number of hydrogen-bond donors (Lipinski definition) is 2. The number of amides is 1. The number of fused-ring (bicyclic) bond motifs is 1. The van der Waals surface area contributed by atoms with Crippen molar-refractivity contribution in [2.75, 3.05) is 0 Å². The zero-order chi connectivity index (χ0) is 13.3. The van der Waals surface area contributed by atoms with E-state index in [0.29, 0.717) is 11.1 Å². The molecule has 0 bridgehead atoms. The number of para-hydroxylation sites is 1. The zero-order valence-electron chi connectivity index (χ0n) is 10.1. The van der Waals surface area contributed by atoms with Crippen molar-refractivity contribution in [2.24, 2.45) is 11.5 Å². The van der Waals surface area contributed by atoms with E-state index in [1.165, 1.54) is 4.57 Å². The fraction of sp³-hybridized carbons (Fsp3) is 0.231. The van der Waals surface area contributed by atoms with Gasteiger partial charge in [0.2, 0.25) is 5.91 Å². The Morgan fingerprint density at radius 1 is 1.39 bits per heavy atom. The van der Waals surface area contributed by atoms with Crippen LogP contribution in [0.15, 0.2) is 35.1 Å². The second kappa shape index (κ2) is 4.62. The molecule has 2 aromatic rings. The maximum Gasteiger partial charge on any atom is 0.256 e. The molecule has 94 valence electrons. The van der Waals surface area contributed by atoms with Gasteiger partial charge in [0.25, 0.3) is 5.56 Å². The molecule has 0 aliphatic heterocycles. The third kappa shape index (κ3) is 1.89. The van der Waals surface area contributed by atoms with Crippen LogP contribution < -0.4 is 17.0 Å². The Kier molecular flexibility index (Phi) is 3.16. The van der Waals surface area contributed by atoms with Crippen molar-refractivity contribution < 1.29 is 4.79 Å². The van der Waals surface area contributed by atoms with Crippen LogP contribution in [0.25, 0.3) is 10.9 Å². The average molecular weight is 245 g/mol. The molecule has 0 fully saturated rings. The van der Waals surface area contributed by atoms with Crippen molar-refractivity contribution in [1.29, 1.82) is 0 Å². The van der Waals surface area contributed by atoms with Crippen molar-refractivity contribution in [3.05, 3.63) is 46.2 Å². The molecular formula is C13H15N3O2. The average Bonchev–Trinajstić information content (AvgIpc) is 2.37. The number of pyridine rings is 1. The Hall–Kier alpha value is -2.14. The number of benzene rings is 1. The van der Waals surface area contributed by atoms with Crippen LogP contribution in [0.3, 0.4) is 0 Å². The molecule has 1 aromatic heterocycles. The van der Waals surface area contributed by atoms with Gasteiger partial charge in [-0.15, -0.1) is 0 Å². The van der Waals surface area contributed by atoms with Crippen molar-refractivity contribution in [2.45, 2.75) is 19.5 Å². The van der Waals surface area contributed by atoms with Crippen LogP contribution in [0.1, 0.15) is 18.5 Å². The summed E-state index contributed by atoms with van der Waals surface area (Å²) in [6.45, 7) is 1.74. The molecule has 4 N–H and O–H groups in total. The lowest BCUT2D eigenvalue weighted by Gasteiger charge is -2.16. The molecule has 0 saturated heterocycles. The summed E-state index contributed by atoms with van der Waals surface area (Å²) in [5, 5.41) is 0.866. The van der Waals surface area contributed by atoms with Crippen LogP contribution in [0.4, 0.5) is 0 Å². The molecule has 1 unspecified atom stereocenters. The highest BCUT2D eigenvalue weighted by molar-refractivity contribution is 5.84. The second-order valence-corrected chi connectivity index (χ2v) is 4.19. The Morgan fingerprint density at radius 3 is 2.67 bits per heavy atom. The number of primary amides is 1. The van der Waals surface area contributed by atoms with Gasteiger partial charge in [0.1, 0.15) is 6.04 Å². The largest absolute Gasteiger partial charge is 0.368 e. The van der Waals surface area contributed by atoms with E-state index < -0.39 is 11.9 Å². The summed E-state index contributed by atoms with van der Waals surface area (Å²) in [5.41, 5.74) is 11.7. The lowest BCUT2D eigenvalue weighted by molar-refractivity contribution is -0.120. The standard InChI is InChI=1S/C13H15N3O2/c1-8(12(15)17)16-11-5-3-2-4-9(11)6-10(7-14)13(16)18/h2-6,8H,7,14H2,1H3,(H2,15,17). The molecule has 1 atom stereocenters. The minimum atomic E-state index is -0.700. The Bertz CT molecular complexity index is 661. The molecule has 0 spiro atoms. The van der Waals surface area contributed by atoms with E-state index in [9.17, 15) is 9.59 Å². The summed E-state index contributed by atoms with van der Waals surface area (Å²) in [7, 11) is 0. The van der Waals surface area contributed by atoms with E-state index in [2.05, 4.69) is 0 Å². The molecule has 5 heteroatoms. The van der Waals surface area contributed by atoms with Crippen molar-refractivity contribution in [3.63, 3.8) is 0 Å². The molecule has 0 aliphatic carbocycles. The first-order valence-corrected chi connectivity index (χ1v) is 5.68. The maximum atomic E-state index is 12.2. The van der Waals surface area contributed by atoms with E-state index >= 15 is 0 Å². The Balaban J connectivity index is 2.87. The first-order valence-electron chi connectivity index (χ1n) is 5.68. The maximum absolute atomic E-state index is 12.2. The van der Waals surface area contributed by atoms with Gasteiger partial charge in [0.15, 0.2) is 0 Å². The lowest BCUT2D eigenvalue weighted by Crippen LogP contribution is -2.34.